The van der Waals surface area contributed by atoms with E-state index in [9.17, 15) is 9.59 Å². The minimum atomic E-state index is -0.537. The smallest absolute Gasteiger partial charge is 0.325 e. The van der Waals surface area contributed by atoms with Crippen molar-refractivity contribution in [3.8, 4) is 11.3 Å². The van der Waals surface area contributed by atoms with Gasteiger partial charge in [0.25, 0.3) is 0 Å². The zero-order chi connectivity index (χ0) is 20.5. The number of nitrogens with one attached hydrogen (secondary N) is 2. The molecule has 2 aromatic carbocycles. The van der Waals surface area contributed by atoms with Crippen molar-refractivity contribution in [1.29, 1.82) is 0 Å². The largest absolute Gasteiger partial charge is 0.361 e. The highest BCUT2D eigenvalue weighted by Crippen LogP contribution is 2.19. The fraction of sp³-hybridized carbons (Fsp3) is 0.227. The van der Waals surface area contributed by atoms with Gasteiger partial charge in [0.2, 0.25) is 5.91 Å². The summed E-state index contributed by atoms with van der Waals surface area (Å²) >= 11 is 0. The normalized spacial score (nSPS) is 10.7. The van der Waals surface area contributed by atoms with Crippen LogP contribution in [0.3, 0.4) is 0 Å². The number of likely N-dealkylation sites (N-methyl/N-ethyl adjacent to an activating group) is 1. The van der Waals surface area contributed by atoms with Crippen molar-refractivity contribution in [2.75, 3.05) is 25.5 Å². The van der Waals surface area contributed by atoms with Crippen LogP contribution in [0.5, 0.6) is 0 Å². The number of anilines is 1. The average molecular weight is 392 g/mol. The Bertz CT molecular complexity index is 926. The van der Waals surface area contributed by atoms with Crippen molar-refractivity contribution in [1.82, 2.24) is 15.4 Å². The molecule has 0 unspecified atom stereocenters. The second-order valence-corrected chi connectivity index (χ2v) is 6.75. The first-order valence-corrected chi connectivity index (χ1v) is 9.45. The quantitative estimate of drug-likeness (QED) is 0.612. The number of aryl methyl sites for hydroxylation is 1. The fourth-order valence-corrected chi connectivity index (χ4v) is 2.87. The first kappa shape index (κ1) is 20.3. The van der Waals surface area contributed by atoms with Crippen LogP contribution in [0, 0.1) is 0 Å². The molecule has 0 aliphatic heterocycles. The highest BCUT2D eigenvalue weighted by atomic mass is 16.5. The van der Waals surface area contributed by atoms with E-state index >= 15 is 0 Å². The van der Waals surface area contributed by atoms with Crippen LogP contribution in [0.15, 0.2) is 71.3 Å². The van der Waals surface area contributed by atoms with Gasteiger partial charge in [0.1, 0.15) is 11.5 Å². The molecule has 0 saturated heterocycles. The molecular formula is C22H24N4O3. The third-order valence-corrected chi connectivity index (χ3v) is 4.29. The Hall–Kier alpha value is -3.45. The molecule has 0 radical (unpaired) electrons. The van der Waals surface area contributed by atoms with Crippen LogP contribution < -0.4 is 10.6 Å². The maximum absolute atomic E-state index is 12.0. The van der Waals surface area contributed by atoms with Gasteiger partial charge < -0.3 is 9.84 Å². The lowest BCUT2D eigenvalue weighted by atomic mass is 10.1. The minimum absolute atomic E-state index is 0.133. The number of aromatic nitrogens is 1. The number of carbonyl (C=O) groups excluding carboxylic acids is 2. The maximum Gasteiger partial charge on any atom is 0.325 e. The minimum Gasteiger partial charge on any atom is -0.361 e. The molecular weight excluding hydrogens is 368 g/mol. The molecule has 7 heteroatoms. The van der Waals surface area contributed by atoms with Crippen LogP contribution in [0.2, 0.25) is 0 Å². The highest BCUT2D eigenvalue weighted by molar-refractivity contribution is 6.01. The summed E-state index contributed by atoms with van der Waals surface area (Å²) in [7, 11) is 1.84. The molecule has 2 N–H and O–H groups in total. The first-order valence-electron chi connectivity index (χ1n) is 9.45. The number of para-hydroxylation sites is 1. The van der Waals surface area contributed by atoms with Gasteiger partial charge in [-0.05, 0) is 32.1 Å². The molecule has 0 aliphatic rings. The molecule has 0 aliphatic carbocycles. The second-order valence-electron chi connectivity index (χ2n) is 6.75. The van der Waals surface area contributed by atoms with Crippen molar-refractivity contribution in [3.63, 3.8) is 0 Å². The van der Waals surface area contributed by atoms with Crippen LogP contribution >= 0.6 is 0 Å². The third-order valence-electron chi connectivity index (χ3n) is 4.29. The molecule has 29 heavy (non-hydrogen) atoms. The van der Waals surface area contributed by atoms with Crippen LogP contribution in [0.25, 0.3) is 11.3 Å². The van der Waals surface area contributed by atoms with Gasteiger partial charge in [-0.2, -0.15) is 0 Å². The van der Waals surface area contributed by atoms with Crippen molar-refractivity contribution >= 4 is 17.6 Å². The van der Waals surface area contributed by atoms with Gasteiger partial charge in [0, 0.05) is 23.7 Å². The second kappa shape index (κ2) is 10.2. The SMILES string of the molecule is CN(CCCc1cc(-c2ccccc2)no1)CC(=O)NC(=O)Nc1ccccc1. The molecule has 3 rings (SSSR count). The standard InChI is InChI=1S/C22H24N4O3/c1-26(16-21(27)24-22(28)23-18-11-6-3-7-12-18)14-8-13-19-15-20(25-29-19)17-9-4-2-5-10-17/h2-7,9-12,15H,8,13-14,16H2,1H3,(H2,23,24,27,28). The van der Waals surface area contributed by atoms with E-state index in [0.29, 0.717) is 12.2 Å². The van der Waals surface area contributed by atoms with E-state index in [1.54, 1.807) is 12.1 Å². The zero-order valence-electron chi connectivity index (χ0n) is 16.3. The van der Waals surface area contributed by atoms with E-state index in [2.05, 4.69) is 15.8 Å². The van der Waals surface area contributed by atoms with E-state index in [-0.39, 0.29) is 12.5 Å². The van der Waals surface area contributed by atoms with Crippen LogP contribution in [-0.4, -0.2) is 42.1 Å². The summed E-state index contributed by atoms with van der Waals surface area (Å²) in [5.74, 6) is 0.455. The number of benzene rings is 2. The number of hydrogen-bond acceptors (Lipinski definition) is 5. The summed E-state index contributed by atoms with van der Waals surface area (Å²) in [5.41, 5.74) is 2.47. The molecule has 0 atom stereocenters. The van der Waals surface area contributed by atoms with Crippen LogP contribution in [-0.2, 0) is 11.2 Å². The molecule has 3 amide bonds. The molecule has 0 spiro atoms. The summed E-state index contributed by atoms with van der Waals surface area (Å²) in [6.45, 7) is 0.822. The summed E-state index contributed by atoms with van der Waals surface area (Å²) in [6.07, 6.45) is 1.53. The monoisotopic (exact) mass is 392 g/mol. The van der Waals surface area contributed by atoms with Crippen molar-refractivity contribution < 1.29 is 14.1 Å². The Morgan fingerprint density at radius 1 is 1.03 bits per heavy atom. The molecule has 150 valence electrons. The van der Waals surface area contributed by atoms with Gasteiger partial charge >= 0.3 is 6.03 Å². The summed E-state index contributed by atoms with van der Waals surface area (Å²) < 4.78 is 5.39. The van der Waals surface area contributed by atoms with Gasteiger partial charge in [-0.25, -0.2) is 4.79 Å². The number of imide groups is 1. The lowest BCUT2D eigenvalue weighted by Gasteiger charge is -2.15. The number of nitrogens with zero attached hydrogens (tertiary/aromatic N) is 2. The lowest BCUT2D eigenvalue weighted by molar-refractivity contribution is -0.120. The van der Waals surface area contributed by atoms with Gasteiger partial charge in [-0.1, -0.05) is 53.7 Å². The first-order chi connectivity index (χ1) is 14.1. The predicted octanol–water partition coefficient (Wildman–Crippen LogP) is 3.55. The van der Waals surface area contributed by atoms with E-state index in [1.807, 2.05) is 66.5 Å². The predicted molar refractivity (Wildman–Crippen MR) is 111 cm³/mol. The van der Waals surface area contributed by atoms with Crippen LogP contribution in [0.1, 0.15) is 12.2 Å². The third kappa shape index (κ3) is 6.58. The summed E-state index contributed by atoms with van der Waals surface area (Å²) in [5, 5.41) is 9.05. The van der Waals surface area contributed by atoms with E-state index in [0.717, 1.165) is 29.9 Å². The molecule has 0 fully saturated rings. The Kier molecular flexibility index (Phi) is 7.13. The molecule has 1 aromatic heterocycles. The molecule has 3 aromatic rings. The Morgan fingerprint density at radius 2 is 1.72 bits per heavy atom. The summed E-state index contributed by atoms with van der Waals surface area (Å²) in [6, 6.07) is 20.2. The van der Waals surface area contributed by atoms with Gasteiger partial charge in [-0.3, -0.25) is 15.0 Å². The Labute approximate surface area is 169 Å². The Morgan fingerprint density at radius 3 is 2.45 bits per heavy atom. The lowest BCUT2D eigenvalue weighted by Crippen LogP contribution is -2.40. The molecule has 0 bridgehead atoms. The topological polar surface area (TPSA) is 87.5 Å². The maximum atomic E-state index is 12.0. The van der Waals surface area contributed by atoms with Gasteiger partial charge in [0.15, 0.2) is 0 Å². The van der Waals surface area contributed by atoms with Crippen molar-refractivity contribution in [3.05, 3.63) is 72.5 Å². The van der Waals surface area contributed by atoms with Gasteiger partial charge in [0.05, 0.1) is 6.54 Å². The number of carbonyl (C=O) groups is 2. The highest BCUT2D eigenvalue weighted by Gasteiger charge is 2.11. The molecule has 7 nitrogen and oxygen atoms in total. The average Bonchev–Trinajstić information content (AvgIpc) is 3.18. The van der Waals surface area contributed by atoms with Crippen molar-refractivity contribution in [2.45, 2.75) is 12.8 Å². The van der Waals surface area contributed by atoms with Crippen LogP contribution in [0.4, 0.5) is 10.5 Å². The zero-order valence-corrected chi connectivity index (χ0v) is 16.3. The molecule has 0 saturated carbocycles. The number of rotatable bonds is 8. The van der Waals surface area contributed by atoms with Crippen molar-refractivity contribution in [2.24, 2.45) is 0 Å². The number of amides is 3. The van der Waals surface area contributed by atoms with E-state index in [1.165, 1.54) is 0 Å². The number of hydrogen-bond donors (Lipinski definition) is 2. The Balaban J connectivity index is 1.36. The fourth-order valence-electron chi connectivity index (χ4n) is 2.87. The van der Waals surface area contributed by atoms with E-state index in [4.69, 9.17) is 4.52 Å². The number of urea groups is 1. The molecule has 1 heterocycles. The summed E-state index contributed by atoms with van der Waals surface area (Å²) in [4.78, 5) is 25.7. The van der Waals surface area contributed by atoms with E-state index < -0.39 is 6.03 Å². The van der Waals surface area contributed by atoms with Gasteiger partial charge in [-0.15, -0.1) is 0 Å².